The van der Waals surface area contributed by atoms with E-state index in [1.807, 2.05) is 11.1 Å². The molecule has 0 saturated carbocycles. The summed E-state index contributed by atoms with van der Waals surface area (Å²) < 4.78 is 24.2. The number of hydrogen-bond acceptors (Lipinski definition) is 3. The predicted molar refractivity (Wildman–Crippen MR) is 106 cm³/mol. The average molecular weight is 382 g/mol. The highest BCUT2D eigenvalue weighted by molar-refractivity contribution is 5.95. The molecule has 1 aromatic heterocycles. The van der Waals surface area contributed by atoms with Crippen LogP contribution in [0.4, 0.5) is 4.39 Å². The highest BCUT2D eigenvalue weighted by Gasteiger charge is 2.26. The number of hydrogen-bond donors (Lipinski definition) is 1. The van der Waals surface area contributed by atoms with Gasteiger partial charge in [0.15, 0.2) is 0 Å². The van der Waals surface area contributed by atoms with Crippen molar-refractivity contribution < 1.29 is 18.7 Å². The van der Waals surface area contributed by atoms with E-state index in [0.717, 1.165) is 29.3 Å². The number of rotatable bonds is 4. The molecule has 1 N–H and O–H groups in total. The largest absolute Gasteiger partial charge is 0.497 e. The molecule has 2 heterocycles. The van der Waals surface area contributed by atoms with Gasteiger partial charge in [-0.3, -0.25) is 4.79 Å². The fourth-order valence-corrected chi connectivity index (χ4v) is 3.96. The number of nitrogens with zero attached hydrogens (tertiary/aromatic N) is 1. The van der Waals surface area contributed by atoms with E-state index in [1.54, 1.807) is 44.6 Å². The van der Waals surface area contributed by atoms with Gasteiger partial charge in [0.25, 0.3) is 5.91 Å². The van der Waals surface area contributed by atoms with Gasteiger partial charge in [0.1, 0.15) is 17.3 Å². The van der Waals surface area contributed by atoms with Crippen molar-refractivity contribution in [1.29, 1.82) is 0 Å². The van der Waals surface area contributed by atoms with E-state index in [9.17, 15) is 9.18 Å². The number of aromatic amines is 1. The molecule has 1 amide bonds. The molecule has 6 heteroatoms. The molecule has 2 aromatic carbocycles. The molecule has 0 radical (unpaired) electrons. The molecule has 0 atom stereocenters. The summed E-state index contributed by atoms with van der Waals surface area (Å²) in [5.74, 6) is 1.24. The molecule has 28 heavy (non-hydrogen) atoms. The summed E-state index contributed by atoms with van der Waals surface area (Å²) in [6.45, 7) is 1.32. The number of carbonyl (C=O) groups is 1. The summed E-state index contributed by atoms with van der Waals surface area (Å²) in [6.07, 6.45) is 3.66. The van der Waals surface area contributed by atoms with E-state index in [4.69, 9.17) is 9.47 Å². The second-order valence-corrected chi connectivity index (χ2v) is 7.10. The Morgan fingerprint density at radius 3 is 2.39 bits per heavy atom. The lowest BCUT2D eigenvalue weighted by Gasteiger charge is -2.32. The lowest BCUT2D eigenvalue weighted by atomic mass is 9.89. The van der Waals surface area contributed by atoms with E-state index in [0.29, 0.717) is 36.1 Å². The van der Waals surface area contributed by atoms with Gasteiger partial charge in [-0.2, -0.15) is 0 Å². The van der Waals surface area contributed by atoms with Crippen LogP contribution in [0.25, 0.3) is 10.9 Å². The van der Waals surface area contributed by atoms with Crippen molar-refractivity contribution >= 4 is 16.8 Å². The van der Waals surface area contributed by atoms with Gasteiger partial charge in [0, 0.05) is 41.8 Å². The molecular formula is C22H23FN2O3. The third-order valence-electron chi connectivity index (χ3n) is 5.50. The van der Waals surface area contributed by atoms with Crippen LogP contribution in [0, 0.1) is 5.82 Å². The number of carbonyl (C=O) groups excluding carboxylic acids is 1. The Balaban J connectivity index is 1.49. The van der Waals surface area contributed by atoms with Gasteiger partial charge in [-0.25, -0.2) is 4.39 Å². The lowest BCUT2D eigenvalue weighted by Crippen LogP contribution is -2.37. The van der Waals surface area contributed by atoms with Crippen molar-refractivity contribution in [3.8, 4) is 11.5 Å². The van der Waals surface area contributed by atoms with Gasteiger partial charge >= 0.3 is 0 Å². The zero-order chi connectivity index (χ0) is 19.7. The van der Waals surface area contributed by atoms with Gasteiger partial charge in [-0.05, 0) is 54.7 Å². The second kappa shape index (κ2) is 7.54. The van der Waals surface area contributed by atoms with Crippen LogP contribution in [0.1, 0.15) is 34.7 Å². The third kappa shape index (κ3) is 3.42. The summed E-state index contributed by atoms with van der Waals surface area (Å²) in [4.78, 5) is 18.0. The highest BCUT2D eigenvalue weighted by Crippen LogP contribution is 2.34. The number of H-pyrrole nitrogens is 1. The SMILES string of the molecule is COc1cc(OC)cc(C(=O)N2CCC(c3c[nH]c4ccc(F)cc34)CC2)c1. The molecular weight excluding hydrogens is 359 g/mol. The fraction of sp³-hybridized carbons (Fsp3) is 0.318. The standard InChI is InChI=1S/C22H23FN2O3/c1-27-17-9-15(10-18(12-17)28-2)22(26)25-7-5-14(6-8-25)20-13-24-21-4-3-16(23)11-19(20)21/h3-4,9-14,24H,5-8H2,1-2H3. The zero-order valence-electron chi connectivity index (χ0n) is 16.0. The van der Waals surface area contributed by atoms with Gasteiger partial charge in [0.05, 0.1) is 14.2 Å². The van der Waals surface area contributed by atoms with E-state index in [2.05, 4.69) is 4.98 Å². The van der Waals surface area contributed by atoms with Gasteiger partial charge in [0.2, 0.25) is 0 Å². The Morgan fingerprint density at radius 1 is 1.07 bits per heavy atom. The molecule has 0 aliphatic carbocycles. The predicted octanol–water partition coefficient (Wildman–Crippen LogP) is 4.34. The van der Waals surface area contributed by atoms with E-state index in [-0.39, 0.29) is 11.7 Å². The molecule has 1 aliphatic rings. The second-order valence-electron chi connectivity index (χ2n) is 7.10. The number of aromatic nitrogens is 1. The molecule has 0 bridgehead atoms. The van der Waals surface area contributed by atoms with Crippen molar-refractivity contribution in [2.45, 2.75) is 18.8 Å². The molecule has 3 aromatic rings. The molecule has 0 unspecified atom stereocenters. The first-order chi connectivity index (χ1) is 13.6. The van der Waals surface area contributed by atoms with Crippen molar-refractivity contribution in [2.24, 2.45) is 0 Å². The Morgan fingerprint density at radius 2 is 1.75 bits per heavy atom. The summed E-state index contributed by atoms with van der Waals surface area (Å²) in [5.41, 5.74) is 2.63. The summed E-state index contributed by atoms with van der Waals surface area (Å²) in [6, 6.07) is 10.0. The van der Waals surface area contributed by atoms with Crippen molar-refractivity contribution in [1.82, 2.24) is 9.88 Å². The van der Waals surface area contributed by atoms with Gasteiger partial charge < -0.3 is 19.4 Å². The topological polar surface area (TPSA) is 54.6 Å². The number of amides is 1. The number of methoxy groups -OCH3 is 2. The minimum atomic E-state index is -0.229. The molecule has 1 fully saturated rings. The maximum absolute atomic E-state index is 13.7. The van der Waals surface area contributed by atoms with Crippen molar-refractivity contribution in [3.05, 3.63) is 59.5 Å². The number of ether oxygens (including phenoxy) is 2. The number of fused-ring (bicyclic) bond motifs is 1. The van der Waals surface area contributed by atoms with Gasteiger partial charge in [-0.15, -0.1) is 0 Å². The quantitative estimate of drug-likeness (QED) is 0.730. The maximum atomic E-state index is 13.7. The zero-order valence-corrected chi connectivity index (χ0v) is 16.0. The third-order valence-corrected chi connectivity index (χ3v) is 5.50. The molecule has 0 spiro atoms. The summed E-state index contributed by atoms with van der Waals surface area (Å²) in [5, 5.41) is 0.933. The number of benzene rings is 2. The van der Waals surface area contributed by atoms with Crippen molar-refractivity contribution in [2.75, 3.05) is 27.3 Å². The maximum Gasteiger partial charge on any atom is 0.254 e. The van der Waals surface area contributed by atoms with Crippen LogP contribution < -0.4 is 9.47 Å². The Kier molecular flexibility index (Phi) is 4.94. The van der Waals surface area contributed by atoms with Crippen LogP contribution in [0.15, 0.2) is 42.6 Å². The van der Waals surface area contributed by atoms with Crippen LogP contribution in [-0.4, -0.2) is 43.1 Å². The molecule has 1 aliphatic heterocycles. The van der Waals surface area contributed by atoms with Crippen molar-refractivity contribution in [3.63, 3.8) is 0 Å². The van der Waals surface area contributed by atoms with E-state index < -0.39 is 0 Å². The van der Waals surface area contributed by atoms with Crippen LogP contribution in [0.3, 0.4) is 0 Å². The Labute approximate surface area is 163 Å². The number of halogens is 1. The lowest BCUT2D eigenvalue weighted by molar-refractivity contribution is 0.0712. The number of likely N-dealkylation sites (tertiary alicyclic amines) is 1. The van der Waals surface area contributed by atoms with Crippen LogP contribution >= 0.6 is 0 Å². The first-order valence-electron chi connectivity index (χ1n) is 9.38. The van der Waals surface area contributed by atoms with Gasteiger partial charge in [-0.1, -0.05) is 0 Å². The molecule has 1 saturated heterocycles. The average Bonchev–Trinajstić information content (AvgIpc) is 3.15. The summed E-state index contributed by atoms with van der Waals surface area (Å²) >= 11 is 0. The smallest absolute Gasteiger partial charge is 0.254 e. The first kappa shape index (κ1) is 18.3. The molecule has 5 nitrogen and oxygen atoms in total. The number of nitrogens with one attached hydrogen (secondary N) is 1. The summed E-state index contributed by atoms with van der Waals surface area (Å²) in [7, 11) is 3.14. The monoisotopic (exact) mass is 382 g/mol. The molecule has 146 valence electrons. The minimum absolute atomic E-state index is 0.0272. The molecule has 4 rings (SSSR count). The van der Waals surface area contributed by atoms with E-state index in [1.165, 1.54) is 6.07 Å². The van der Waals surface area contributed by atoms with Crippen LogP contribution in [-0.2, 0) is 0 Å². The fourth-order valence-electron chi connectivity index (χ4n) is 3.96. The highest BCUT2D eigenvalue weighted by atomic mass is 19.1. The normalized spacial score (nSPS) is 15.0. The van der Waals surface area contributed by atoms with Crippen LogP contribution in [0.5, 0.6) is 11.5 Å². The Bertz CT molecular complexity index is 984. The van der Waals surface area contributed by atoms with Crippen LogP contribution in [0.2, 0.25) is 0 Å². The minimum Gasteiger partial charge on any atom is -0.497 e. The van der Waals surface area contributed by atoms with E-state index >= 15 is 0 Å². The Hall–Kier alpha value is -3.02. The number of piperidine rings is 1. The first-order valence-corrected chi connectivity index (χ1v) is 9.38.